The third kappa shape index (κ3) is 2.80. The number of hydrogen-bond acceptors (Lipinski definition) is 2. The zero-order valence-electron chi connectivity index (χ0n) is 9.40. The normalized spacial score (nSPS) is 24.4. The van der Waals surface area contributed by atoms with E-state index in [0.717, 1.165) is 16.2 Å². The molecule has 1 unspecified atom stereocenters. The summed E-state index contributed by atoms with van der Waals surface area (Å²) in [6.45, 7) is 5.35. The molecule has 1 N–H and O–H groups in total. The molecule has 1 aliphatic heterocycles. The van der Waals surface area contributed by atoms with E-state index in [0.29, 0.717) is 5.25 Å². The molecule has 0 radical (unpaired) electrons. The van der Waals surface area contributed by atoms with Crippen molar-refractivity contribution < 1.29 is 0 Å². The highest BCUT2D eigenvalue weighted by molar-refractivity contribution is 9.10. The van der Waals surface area contributed by atoms with Gasteiger partial charge < -0.3 is 5.32 Å². The lowest BCUT2D eigenvalue weighted by Gasteiger charge is -2.10. The van der Waals surface area contributed by atoms with Crippen LogP contribution in [0, 0.1) is 0 Å². The van der Waals surface area contributed by atoms with Gasteiger partial charge >= 0.3 is 0 Å². The predicted molar refractivity (Wildman–Crippen MR) is 75.0 cm³/mol. The second-order valence-electron chi connectivity index (χ2n) is 3.94. The van der Waals surface area contributed by atoms with Gasteiger partial charge in [-0.2, -0.15) is 0 Å². The zero-order valence-corrected chi connectivity index (χ0v) is 11.8. The van der Waals surface area contributed by atoms with Crippen LogP contribution in [0.15, 0.2) is 33.7 Å². The largest absolute Gasteiger partial charge is 0.364 e. The molecule has 0 spiro atoms. The first kappa shape index (κ1) is 12.0. The van der Waals surface area contributed by atoms with Crippen molar-refractivity contribution in [2.45, 2.75) is 25.1 Å². The average Bonchev–Trinajstić information content (AvgIpc) is 2.64. The van der Waals surface area contributed by atoms with E-state index < -0.39 is 0 Å². The maximum absolute atomic E-state index is 4.70. The summed E-state index contributed by atoms with van der Waals surface area (Å²) in [6, 6.07) is 8.44. The fourth-order valence-electron chi connectivity index (χ4n) is 1.64. The van der Waals surface area contributed by atoms with Crippen molar-refractivity contribution in [1.82, 2.24) is 5.32 Å². The van der Waals surface area contributed by atoms with Gasteiger partial charge in [-0.15, -0.1) is 0 Å². The van der Waals surface area contributed by atoms with E-state index in [4.69, 9.17) is 4.99 Å². The van der Waals surface area contributed by atoms with Crippen LogP contribution in [-0.2, 0) is 0 Å². The van der Waals surface area contributed by atoms with Crippen molar-refractivity contribution in [3.8, 4) is 0 Å². The van der Waals surface area contributed by atoms with Gasteiger partial charge in [-0.1, -0.05) is 52.8 Å². The molecule has 2 rings (SSSR count). The molecule has 1 aliphatic rings. The van der Waals surface area contributed by atoms with Crippen LogP contribution >= 0.6 is 27.7 Å². The van der Waals surface area contributed by atoms with Crippen molar-refractivity contribution in [3.63, 3.8) is 0 Å². The van der Waals surface area contributed by atoms with Gasteiger partial charge in [0, 0.05) is 16.3 Å². The Labute approximate surface area is 109 Å². The quantitative estimate of drug-likeness (QED) is 0.902. The average molecular weight is 299 g/mol. The summed E-state index contributed by atoms with van der Waals surface area (Å²) in [5.74, 6) is 0. The number of nitrogens with zero attached hydrogens (tertiary/aromatic N) is 1. The van der Waals surface area contributed by atoms with Crippen LogP contribution in [0.2, 0.25) is 0 Å². The van der Waals surface area contributed by atoms with Crippen LogP contribution in [0.1, 0.15) is 25.5 Å². The van der Waals surface area contributed by atoms with E-state index >= 15 is 0 Å². The molecule has 0 aliphatic carbocycles. The van der Waals surface area contributed by atoms with Crippen LogP contribution in [0.25, 0.3) is 0 Å². The fourth-order valence-corrected chi connectivity index (χ4v) is 3.19. The van der Waals surface area contributed by atoms with E-state index in [2.05, 4.69) is 53.3 Å². The minimum absolute atomic E-state index is 0.191. The van der Waals surface area contributed by atoms with Gasteiger partial charge in [0.05, 0.1) is 6.04 Å². The molecule has 16 heavy (non-hydrogen) atoms. The maximum atomic E-state index is 4.70. The Balaban J connectivity index is 2.14. The summed E-state index contributed by atoms with van der Waals surface area (Å²) in [6.07, 6.45) is 0. The molecule has 2 nitrogen and oxygen atoms in total. The summed E-state index contributed by atoms with van der Waals surface area (Å²) in [4.78, 5) is 4.70. The molecular formula is C12H15BrN2S. The minimum atomic E-state index is 0.191. The monoisotopic (exact) mass is 298 g/mol. The highest BCUT2D eigenvalue weighted by Gasteiger charge is 2.17. The molecule has 2 atom stereocenters. The molecule has 1 fully saturated rings. The molecule has 0 bridgehead atoms. The molecule has 86 valence electrons. The molecule has 1 heterocycles. The number of amidine groups is 1. The van der Waals surface area contributed by atoms with Gasteiger partial charge in [0.15, 0.2) is 5.17 Å². The standard InChI is InChI=1S/C12H15BrN2S/c1-8-7-14-12(16-8)15-9(2)10-5-3-4-6-11(10)13/h3-6,8-9H,7H2,1-2H3,(H,14,15)/t8?,9-/m0/s1. The summed E-state index contributed by atoms with van der Waals surface area (Å²) in [5, 5.41) is 5.02. The Hall–Kier alpha value is -0.480. The van der Waals surface area contributed by atoms with Gasteiger partial charge in [0.2, 0.25) is 0 Å². The summed E-state index contributed by atoms with van der Waals surface area (Å²) in [5.41, 5.74) is 1.23. The van der Waals surface area contributed by atoms with E-state index in [-0.39, 0.29) is 6.04 Å². The Morgan fingerprint density at radius 3 is 2.88 bits per heavy atom. The first-order valence-electron chi connectivity index (χ1n) is 5.39. The Morgan fingerprint density at radius 2 is 2.25 bits per heavy atom. The second kappa shape index (κ2) is 5.23. The zero-order chi connectivity index (χ0) is 11.5. The SMILES string of the molecule is CC1CNC(=N[C@@H](C)c2ccccc2Br)S1. The molecule has 0 amide bonds. The molecule has 4 heteroatoms. The van der Waals surface area contributed by atoms with Gasteiger partial charge in [-0.05, 0) is 18.6 Å². The van der Waals surface area contributed by atoms with E-state index in [1.165, 1.54) is 5.56 Å². The van der Waals surface area contributed by atoms with Crippen molar-refractivity contribution >= 4 is 32.9 Å². The number of thioether (sulfide) groups is 1. The third-order valence-corrected chi connectivity index (χ3v) is 4.28. The maximum Gasteiger partial charge on any atom is 0.157 e. The minimum Gasteiger partial charge on any atom is -0.364 e. The van der Waals surface area contributed by atoms with Crippen LogP contribution < -0.4 is 5.32 Å². The van der Waals surface area contributed by atoms with Crippen LogP contribution in [0.3, 0.4) is 0 Å². The van der Waals surface area contributed by atoms with Crippen molar-refractivity contribution in [3.05, 3.63) is 34.3 Å². The molecule has 1 saturated heterocycles. The summed E-state index contributed by atoms with van der Waals surface area (Å²) < 4.78 is 1.13. The highest BCUT2D eigenvalue weighted by Crippen LogP contribution is 2.27. The van der Waals surface area contributed by atoms with Crippen LogP contribution in [-0.4, -0.2) is 17.0 Å². The van der Waals surface area contributed by atoms with E-state index in [9.17, 15) is 0 Å². The van der Waals surface area contributed by atoms with Crippen LogP contribution in [0.5, 0.6) is 0 Å². The predicted octanol–water partition coefficient (Wildman–Crippen LogP) is 3.59. The first-order chi connectivity index (χ1) is 7.66. The Bertz CT molecular complexity index is 406. The summed E-state index contributed by atoms with van der Waals surface area (Å²) >= 11 is 5.38. The molecule has 0 saturated carbocycles. The number of nitrogens with one attached hydrogen (secondary N) is 1. The lowest BCUT2D eigenvalue weighted by molar-refractivity contribution is 0.803. The number of benzene rings is 1. The number of aliphatic imine (C=N–C) groups is 1. The number of hydrogen-bond donors (Lipinski definition) is 1. The van der Waals surface area contributed by atoms with Gasteiger partial charge in [0.25, 0.3) is 0 Å². The van der Waals surface area contributed by atoms with Crippen molar-refractivity contribution in [2.24, 2.45) is 4.99 Å². The summed E-state index contributed by atoms with van der Waals surface area (Å²) in [7, 11) is 0. The lowest BCUT2D eigenvalue weighted by atomic mass is 10.1. The highest BCUT2D eigenvalue weighted by atomic mass is 79.9. The molecular weight excluding hydrogens is 284 g/mol. The van der Waals surface area contributed by atoms with Gasteiger partial charge in [-0.3, -0.25) is 4.99 Å². The number of rotatable bonds is 2. The molecule has 1 aromatic rings. The topological polar surface area (TPSA) is 24.4 Å². The van der Waals surface area contributed by atoms with E-state index in [1.54, 1.807) is 0 Å². The number of halogens is 1. The Morgan fingerprint density at radius 1 is 1.50 bits per heavy atom. The first-order valence-corrected chi connectivity index (χ1v) is 7.07. The fraction of sp³-hybridized carbons (Fsp3) is 0.417. The van der Waals surface area contributed by atoms with Crippen molar-refractivity contribution in [1.29, 1.82) is 0 Å². The van der Waals surface area contributed by atoms with Crippen molar-refractivity contribution in [2.75, 3.05) is 6.54 Å². The Kier molecular flexibility index (Phi) is 3.92. The smallest absolute Gasteiger partial charge is 0.157 e. The second-order valence-corrected chi connectivity index (χ2v) is 6.22. The van der Waals surface area contributed by atoms with Gasteiger partial charge in [-0.25, -0.2) is 0 Å². The molecule has 1 aromatic carbocycles. The van der Waals surface area contributed by atoms with Gasteiger partial charge in [0.1, 0.15) is 0 Å². The van der Waals surface area contributed by atoms with E-state index in [1.807, 2.05) is 17.8 Å². The lowest BCUT2D eigenvalue weighted by Crippen LogP contribution is -2.15. The third-order valence-electron chi connectivity index (χ3n) is 2.52. The van der Waals surface area contributed by atoms with Crippen LogP contribution in [0.4, 0.5) is 0 Å². The molecule has 0 aromatic heterocycles.